The molecule has 0 radical (unpaired) electrons. The third kappa shape index (κ3) is 6.07. The summed E-state index contributed by atoms with van der Waals surface area (Å²) < 4.78 is 1.95. The van der Waals surface area contributed by atoms with Gasteiger partial charge < -0.3 is 10.6 Å². The van der Waals surface area contributed by atoms with Gasteiger partial charge in [0.1, 0.15) is 0 Å². The molecular weight excluding hydrogens is 298 g/mol. The minimum atomic E-state index is 0.408. The molecule has 0 aliphatic rings. The second-order valence-corrected chi connectivity index (χ2v) is 6.08. The third-order valence-corrected chi connectivity index (χ3v) is 3.93. The van der Waals surface area contributed by atoms with E-state index in [4.69, 9.17) is 4.99 Å². The Labute approximate surface area is 145 Å². The molecule has 5 heteroatoms. The summed E-state index contributed by atoms with van der Waals surface area (Å²) in [6, 6.07) is 10.7. The van der Waals surface area contributed by atoms with Crippen molar-refractivity contribution in [1.29, 1.82) is 0 Å². The fourth-order valence-corrected chi connectivity index (χ4v) is 2.45. The maximum atomic E-state index is 4.72. The van der Waals surface area contributed by atoms with Gasteiger partial charge in [0, 0.05) is 44.5 Å². The lowest BCUT2D eigenvalue weighted by Crippen LogP contribution is -2.38. The average molecular weight is 327 g/mol. The SMILES string of the molecule is CCNC(=NCC(C)c1ccc(C)cc1)NCCCn1cccn1. The van der Waals surface area contributed by atoms with E-state index in [0.29, 0.717) is 5.92 Å². The van der Waals surface area contributed by atoms with Gasteiger partial charge in [0.25, 0.3) is 0 Å². The van der Waals surface area contributed by atoms with Crippen LogP contribution in [0.5, 0.6) is 0 Å². The van der Waals surface area contributed by atoms with E-state index in [1.54, 1.807) is 0 Å². The summed E-state index contributed by atoms with van der Waals surface area (Å²) in [4.78, 5) is 4.72. The molecule has 1 heterocycles. The fraction of sp³-hybridized carbons (Fsp3) is 0.474. The largest absolute Gasteiger partial charge is 0.357 e. The lowest BCUT2D eigenvalue weighted by Gasteiger charge is -2.14. The van der Waals surface area contributed by atoms with Crippen molar-refractivity contribution in [3.05, 3.63) is 53.9 Å². The molecular formula is C19H29N5. The first-order valence-electron chi connectivity index (χ1n) is 8.75. The quantitative estimate of drug-likeness (QED) is 0.445. The van der Waals surface area contributed by atoms with Gasteiger partial charge in [-0.05, 0) is 31.9 Å². The summed E-state index contributed by atoms with van der Waals surface area (Å²) in [5.41, 5.74) is 2.63. The average Bonchev–Trinajstić information content (AvgIpc) is 3.10. The van der Waals surface area contributed by atoms with Crippen LogP contribution in [0.15, 0.2) is 47.7 Å². The first-order chi connectivity index (χ1) is 11.7. The summed E-state index contributed by atoms with van der Waals surface area (Å²) in [6.07, 6.45) is 4.81. The number of rotatable bonds is 8. The van der Waals surface area contributed by atoms with Crippen molar-refractivity contribution in [3.63, 3.8) is 0 Å². The number of aromatic nitrogens is 2. The number of guanidine groups is 1. The molecule has 1 aromatic carbocycles. The molecule has 0 fully saturated rings. The highest BCUT2D eigenvalue weighted by Gasteiger charge is 2.05. The van der Waals surface area contributed by atoms with Gasteiger partial charge in [0.05, 0.1) is 0 Å². The number of aryl methyl sites for hydroxylation is 2. The Bertz CT molecular complexity index is 601. The van der Waals surface area contributed by atoms with Crippen molar-refractivity contribution >= 4 is 5.96 Å². The van der Waals surface area contributed by atoms with Gasteiger partial charge in [-0.25, -0.2) is 0 Å². The summed E-state index contributed by atoms with van der Waals surface area (Å²) in [6.45, 7) is 9.86. The van der Waals surface area contributed by atoms with E-state index in [1.807, 2.05) is 23.1 Å². The number of aliphatic imine (C=N–C) groups is 1. The zero-order chi connectivity index (χ0) is 17.2. The summed E-state index contributed by atoms with van der Waals surface area (Å²) in [7, 11) is 0. The van der Waals surface area contributed by atoms with E-state index < -0.39 is 0 Å². The first-order valence-corrected chi connectivity index (χ1v) is 8.75. The predicted octanol–water partition coefficient (Wildman–Crippen LogP) is 2.94. The molecule has 2 N–H and O–H groups in total. The third-order valence-electron chi connectivity index (χ3n) is 3.93. The Morgan fingerprint density at radius 2 is 2.04 bits per heavy atom. The van der Waals surface area contributed by atoms with Crippen LogP contribution in [0.3, 0.4) is 0 Å². The number of nitrogens with zero attached hydrogens (tertiary/aromatic N) is 3. The van der Waals surface area contributed by atoms with Crippen LogP contribution in [0.2, 0.25) is 0 Å². The molecule has 0 saturated heterocycles. The normalized spacial score (nSPS) is 12.9. The number of hydrogen-bond acceptors (Lipinski definition) is 2. The summed E-state index contributed by atoms with van der Waals surface area (Å²) in [5.74, 6) is 1.29. The molecule has 0 aliphatic carbocycles. The van der Waals surface area contributed by atoms with Crippen molar-refractivity contribution in [1.82, 2.24) is 20.4 Å². The van der Waals surface area contributed by atoms with Crippen molar-refractivity contribution in [2.75, 3.05) is 19.6 Å². The highest BCUT2D eigenvalue weighted by molar-refractivity contribution is 5.79. The van der Waals surface area contributed by atoms with Gasteiger partial charge in [0.2, 0.25) is 0 Å². The fourth-order valence-electron chi connectivity index (χ4n) is 2.45. The van der Waals surface area contributed by atoms with Gasteiger partial charge >= 0.3 is 0 Å². The van der Waals surface area contributed by atoms with Gasteiger partial charge in [-0.1, -0.05) is 36.8 Å². The minimum absolute atomic E-state index is 0.408. The molecule has 24 heavy (non-hydrogen) atoms. The van der Waals surface area contributed by atoms with Crippen LogP contribution in [-0.2, 0) is 6.54 Å². The Morgan fingerprint density at radius 1 is 1.25 bits per heavy atom. The van der Waals surface area contributed by atoms with E-state index in [1.165, 1.54) is 11.1 Å². The lowest BCUT2D eigenvalue weighted by atomic mass is 10.0. The summed E-state index contributed by atoms with van der Waals surface area (Å²) >= 11 is 0. The zero-order valence-electron chi connectivity index (χ0n) is 15.0. The van der Waals surface area contributed by atoms with Crippen molar-refractivity contribution in [3.8, 4) is 0 Å². The van der Waals surface area contributed by atoms with E-state index in [2.05, 4.69) is 60.8 Å². The molecule has 1 unspecified atom stereocenters. The standard InChI is InChI=1S/C19H29N5/c1-4-20-19(21-11-5-13-24-14-6-12-23-24)22-15-17(3)18-9-7-16(2)8-10-18/h6-10,12,14,17H,4-5,11,13,15H2,1-3H3,(H2,20,21,22). The first kappa shape index (κ1) is 18.0. The Balaban J connectivity index is 1.79. The van der Waals surface area contributed by atoms with Crippen LogP contribution >= 0.6 is 0 Å². The van der Waals surface area contributed by atoms with Gasteiger partial charge in [-0.15, -0.1) is 0 Å². The van der Waals surface area contributed by atoms with Crippen LogP contribution in [0.4, 0.5) is 0 Å². The Morgan fingerprint density at radius 3 is 2.71 bits per heavy atom. The minimum Gasteiger partial charge on any atom is -0.357 e. The monoisotopic (exact) mass is 327 g/mol. The molecule has 0 amide bonds. The maximum absolute atomic E-state index is 4.72. The number of hydrogen-bond donors (Lipinski definition) is 2. The highest BCUT2D eigenvalue weighted by atomic mass is 15.3. The van der Waals surface area contributed by atoms with Gasteiger partial charge in [-0.3, -0.25) is 9.67 Å². The molecule has 1 atom stereocenters. The Hall–Kier alpha value is -2.30. The molecule has 0 spiro atoms. The van der Waals surface area contributed by atoms with Gasteiger partial charge in [-0.2, -0.15) is 5.10 Å². The molecule has 1 aromatic heterocycles. The van der Waals surface area contributed by atoms with E-state index in [9.17, 15) is 0 Å². The predicted molar refractivity (Wildman–Crippen MR) is 100 cm³/mol. The van der Waals surface area contributed by atoms with E-state index in [0.717, 1.165) is 38.6 Å². The van der Waals surface area contributed by atoms with E-state index >= 15 is 0 Å². The second kappa shape index (κ2) is 9.75. The van der Waals surface area contributed by atoms with Crippen molar-refractivity contribution in [2.24, 2.45) is 4.99 Å². The molecule has 0 aliphatic heterocycles. The van der Waals surface area contributed by atoms with Crippen LogP contribution in [-0.4, -0.2) is 35.4 Å². The smallest absolute Gasteiger partial charge is 0.191 e. The van der Waals surface area contributed by atoms with Crippen LogP contribution in [0.25, 0.3) is 0 Å². The summed E-state index contributed by atoms with van der Waals surface area (Å²) in [5, 5.41) is 10.9. The number of nitrogens with one attached hydrogen (secondary N) is 2. The topological polar surface area (TPSA) is 54.2 Å². The maximum Gasteiger partial charge on any atom is 0.191 e. The molecule has 0 saturated carbocycles. The van der Waals surface area contributed by atoms with Crippen molar-refractivity contribution in [2.45, 2.75) is 39.7 Å². The van der Waals surface area contributed by atoms with E-state index in [-0.39, 0.29) is 0 Å². The van der Waals surface area contributed by atoms with Crippen LogP contribution in [0, 0.1) is 6.92 Å². The zero-order valence-corrected chi connectivity index (χ0v) is 15.0. The molecule has 5 nitrogen and oxygen atoms in total. The number of benzene rings is 1. The highest BCUT2D eigenvalue weighted by Crippen LogP contribution is 2.15. The Kier molecular flexibility index (Phi) is 7.33. The molecule has 130 valence electrons. The van der Waals surface area contributed by atoms with Crippen molar-refractivity contribution < 1.29 is 0 Å². The molecule has 0 bridgehead atoms. The molecule has 2 aromatic rings. The van der Waals surface area contributed by atoms with Gasteiger partial charge in [0.15, 0.2) is 5.96 Å². The molecule has 2 rings (SSSR count). The van der Waals surface area contributed by atoms with Crippen LogP contribution in [0.1, 0.15) is 37.3 Å². The lowest BCUT2D eigenvalue weighted by molar-refractivity contribution is 0.570. The van der Waals surface area contributed by atoms with Crippen LogP contribution < -0.4 is 10.6 Å². The second-order valence-electron chi connectivity index (χ2n) is 6.08.